The molecule has 0 aliphatic carbocycles. The number of rotatable bonds is 8. The molecule has 2 aromatic carbocycles. The molecule has 7 heteroatoms. The van der Waals surface area contributed by atoms with Crippen molar-refractivity contribution in [2.45, 2.75) is 39.7 Å². The molecule has 0 bridgehead atoms. The number of likely N-dealkylation sites (tertiary alicyclic amines) is 1. The lowest BCUT2D eigenvalue weighted by molar-refractivity contribution is 0.0793. The predicted molar refractivity (Wildman–Crippen MR) is 127 cm³/mol. The van der Waals surface area contributed by atoms with Gasteiger partial charge in [0.2, 0.25) is 0 Å². The maximum Gasteiger partial charge on any atom is 0.256 e. The van der Waals surface area contributed by atoms with Gasteiger partial charge in [-0.15, -0.1) is 0 Å². The molecule has 7 nitrogen and oxygen atoms in total. The molecule has 0 saturated carbocycles. The van der Waals surface area contributed by atoms with Gasteiger partial charge in [0.05, 0.1) is 25.5 Å². The largest absolute Gasteiger partial charge is 0.493 e. The molecule has 0 spiro atoms. The van der Waals surface area contributed by atoms with Gasteiger partial charge in [0.1, 0.15) is 0 Å². The normalized spacial score (nSPS) is 13.2. The van der Waals surface area contributed by atoms with Crippen molar-refractivity contribution >= 4 is 23.2 Å². The number of nitrogens with one attached hydrogen (secondary N) is 1. The average Bonchev–Trinajstić information content (AvgIpc) is 3.34. The van der Waals surface area contributed by atoms with Gasteiger partial charge in [-0.05, 0) is 63.9 Å². The first kappa shape index (κ1) is 23.4. The molecule has 1 aliphatic rings. The first-order valence-corrected chi connectivity index (χ1v) is 11.1. The van der Waals surface area contributed by atoms with Gasteiger partial charge in [-0.2, -0.15) is 0 Å². The number of hydrogen-bond acceptors (Lipinski definition) is 5. The number of methoxy groups -OCH3 is 2. The second-order valence-electron chi connectivity index (χ2n) is 8.13. The van der Waals surface area contributed by atoms with E-state index in [1.165, 1.54) is 14.2 Å². The van der Waals surface area contributed by atoms with Crippen molar-refractivity contribution in [3.05, 3.63) is 47.5 Å². The van der Waals surface area contributed by atoms with Crippen molar-refractivity contribution < 1.29 is 19.1 Å². The highest BCUT2D eigenvalue weighted by atomic mass is 16.5. The first-order chi connectivity index (χ1) is 15.4. The maximum absolute atomic E-state index is 13.1. The maximum atomic E-state index is 13.1. The van der Waals surface area contributed by atoms with Gasteiger partial charge in [-0.25, -0.2) is 0 Å². The lowest BCUT2D eigenvalue weighted by atomic mass is 10.1. The summed E-state index contributed by atoms with van der Waals surface area (Å²) in [4.78, 5) is 30.2. The molecule has 0 atom stereocenters. The van der Waals surface area contributed by atoms with Crippen LogP contribution < -0.4 is 19.7 Å². The second kappa shape index (κ2) is 10.4. The second-order valence-corrected chi connectivity index (χ2v) is 8.13. The summed E-state index contributed by atoms with van der Waals surface area (Å²) in [6.07, 6.45) is 1.97. The molecule has 0 radical (unpaired) electrons. The highest BCUT2D eigenvalue weighted by Gasteiger charge is 2.25. The van der Waals surface area contributed by atoms with Crippen LogP contribution in [0.5, 0.6) is 11.5 Å². The third-order valence-electron chi connectivity index (χ3n) is 5.82. The van der Waals surface area contributed by atoms with Crippen molar-refractivity contribution in [3.63, 3.8) is 0 Å². The predicted octanol–water partition coefficient (Wildman–Crippen LogP) is 4.43. The lowest BCUT2D eigenvalue weighted by Gasteiger charge is -2.27. The van der Waals surface area contributed by atoms with E-state index in [-0.39, 0.29) is 11.8 Å². The van der Waals surface area contributed by atoms with E-state index in [2.05, 4.69) is 31.0 Å². The molecule has 1 aliphatic heterocycles. The van der Waals surface area contributed by atoms with Crippen LogP contribution in [-0.4, -0.2) is 56.6 Å². The van der Waals surface area contributed by atoms with Gasteiger partial charge < -0.3 is 24.6 Å². The van der Waals surface area contributed by atoms with Gasteiger partial charge in [0, 0.05) is 43.0 Å². The lowest BCUT2D eigenvalue weighted by Crippen LogP contribution is -2.30. The van der Waals surface area contributed by atoms with Crippen molar-refractivity contribution in [1.29, 1.82) is 0 Å². The fraction of sp³-hybridized carbons (Fsp3) is 0.440. The number of carbonyl (C=O) groups is 2. The summed E-state index contributed by atoms with van der Waals surface area (Å²) in [6.45, 7) is 8.70. The van der Waals surface area contributed by atoms with Crippen LogP contribution >= 0.6 is 0 Å². The zero-order chi connectivity index (χ0) is 23.3. The van der Waals surface area contributed by atoms with Crippen molar-refractivity contribution in [3.8, 4) is 11.5 Å². The molecule has 1 heterocycles. The summed E-state index contributed by atoms with van der Waals surface area (Å²) in [7, 11) is 3.05. The standard InChI is InChI=1S/C25H33N3O4/c1-6-28(17(2)3)19-11-9-18(10-12-19)24(29)26-21-16-23(32-5)22(31-4)15-20(21)25(30)27-13-7-8-14-27/h9-12,15-17H,6-8,13-14H2,1-5H3,(H,26,29). The first-order valence-electron chi connectivity index (χ1n) is 11.1. The van der Waals surface area contributed by atoms with Crippen molar-refractivity contribution in [2.75, 3.05) is 44.1 Å². The molecule has 0 aromatic heterocycles. The Morgan fingerprint density at radius 3 is 2.16 bits per heavy atom. The Bertz CT molecular complexity index is 950. The monoisotopic (exact) mass is 439 g/mol. The van der Waals surface area contributed by atoms with Crippen LogP contribution in [0.1, 0.15) is 54.3 Å². The van der Waals surface area contributed by atoms with Crippen LogP contribution in [0.2, 0.25) is 0 Å². The summed E-state index contributed by atoms with van der Waals surface area (Å²) >= 11 is 0. The van der Waals surface area contributed by atoms with Crippen LogP contribution in [0.15, 0.2) is 36.4 Å². The van der Waals surface area contributed by atoms with Crippen LogP contribution in [0.25, 0.3) is 0 Å². The van der Waals surface area contributed by atoms with E-state index in [9.17, 15) is 9.59 Å². The number of nitrogens with zero attached hydrogens (tertiary/aromatic N) is 2. The van der Waals surface area contributed by atoms with Crippen LogP contribution in [0.4, 0.5) is 11.4 Å². The Balaban J connectivity index is 1.89. The molecule has 172 valence electrons. The van der Waals surface area contributed by atoms with Gasteiger partial charge >= 0.3 is 0 Å². The van der Waals surface area contributed by atoms with E-state index in [1.54, 1.807) is 29.2 Å². The summed E-state index contributed by atoms with van der Waals surface area (Å²) in [5.41, 5.74) is 2.38. The van der Waals surface area contributed by atoms with Gasteiger partial charge in [-0.3, -0.25) is 9.59 Å². The van der Waals surface area contributed by atoms with E-state index in [4.69, 9.17) is 9.47 Å². The molecule has 1 saturated heterocycles. The van der Waals surface area contributed by atoms with E-state index >= 15 is 0 Å². The zero-order valence-electron chi connectivity index (χ0n) is 19.6. The van der Waals surface area contributed by atoms with E-state index in [0.29, 0.717) is 47.4 Å². The Hall–Kier alpha value is -3.22. The van der Waals surface area contributed by atoms with Crippen molar-refractivity contribution in [1.82, 2.24) is 4.90 Å². The SMILES string of the molecule is CCN(c1ccc(C(=O)Nc2cc(OC)c(OC)cc2C(=O)N2CCCC2)cc1)C(C)C. The highest BCUT2D eigenvalue weighted by Crippen LogP contribution is 2.35. The van der Waals surface area contributed by atoms with Crippen LogP contribution in [0, 0.1) is 0 Å². The third-order valence-corrected chi connectivity index (χ3v) is 5.82. The summed E-state index contributed by atoms with van der Waals surface area (Å²) in [6, 6.07) is 11.2. The fourth-order valence-electron chi connectivity index (χ4n) is 4.09. The topological polar surface area (TPSA) is 71.1 Å². The van der Waals surface area contributed by atoms with Gasteiger partial charge in [-0.1, -0.05) is 0 Å². The smallest absolute Gasteiger partial charge is 0.256 e. The molecule has 0 unspecified atom stereocenters. The van der Waals surface area contributed by atoms with Crippen LogP contribution in [-0.2, 0) is 0 Å². The Morgan fingerprint density at radius 1 is 1.03 bits per heavy atom. The quantitative estimate of drug-likeness (QED) is 0.659. The van der Waals surface area contributed by atoms with E-state index in [0.717, 1.165) is 25.1 Å². The van der Waals surface area contributed by atoms with Gasteiger partial charge in [0.25, 0.3) is 11.8 Å². The number of amides is 2. The van der Waals surface area contributed by atoms with Gasteiger partial charge in [0.15, 0.2) is 11.5 Å². The number of hydrogen-bond donors (Lipinski definition) is 1. The molecule has 1 N–H and O–H groups in total. The Kier molecular flexibility index (Phi) is 7.62. The fourth-order valence-corrected chi connectivity index (χ4v) is 4.09. The number of carbonyl (C=O) groups excluding carboxylic acids is 2. The summed E-state index contributed by atoms with van der Waals surface area (Å²) in [5.74, 6) is 0.494. The number of anilines is 2. The minimum absolute atomic E-state index is 0.121. The van der Waals surface area contributed by atoms with E-state index < -0.39 is 0 Å². The molecule has 32 heavy (non-hydrogen) atoms. The highest BCUT2D eigenvalue weighted by molar-refractivity contribution is 6.09. The third kappa shape index (κ3) is 4.98. The molecular weight excluding hydrogens is 406 g/mol. The summed E-state index contributed by atoms with van der Waals surface area (Å²) < 4.78 is 10.8. The molecule has 2 amide bonds. The number of ether oxygens (including phenoxy) is 2. The zero-order valence-corrected chi connectivity index (χ0v) is 19.6. The molecular formula is C25H33N3O4. The average molecular weight is 440 g/mol. The Labute approximate surface area is 190 Å². The minimum atomic E-state index is -0.285. The van der Waals surface area contributed by atoms with E-state index in [1.807, 2.05) is 12.1 Å². The Morgan fingerprint density at radius 2 is 1.62 bits per heavy atom. The molecule has 1 fully saturated rings. The number of benzene rings is 2. The van der Waals surface area contributed by atoms with Crippen LogP contribution in [0.3, 0.4) is 0 Å². The minimum Gasteiger partial charge on any atom is -0.493 e. The van der Waals surface area contributed by atoms with Crippen molar-refractivity contribution in [2.24, 2.45) is 0 Å². The molecule has 2 aromatic rings. The molecule has 3 rings (SSSR count). The summed E-state index contributed by atoms with van der Waals surface area (Å²) in [5, 5.41) is 2.91.